The van der Waals surface area contributed by atoms with Crippen LogP contribution in [0.25, 0.3) is 10.9 Å². The van der Waals surface area contributed by atoms with E-state index < -0.39 is 0 Å². The normalized spacial score (nSPS) is 10.0. The van der Waals surface area contributed by atoms with Crippen molar-refractivity contribution in [2.24, 2.45) is 0 Å². The van der Waals surface area contributed by atoms with E-state index in [4.69, 9.17) is 5.11 Å². The third-order valence-corrected chi connectivity index (χ3v) is 2.52. The van der Waals surface area contributed by atoms with E-state index in [1.807, 2.05) is 31.2 Å². The fraction of sp³-hybridized carbons (Fsp3) is 0.267. The van der Waals surface area contributed by atoms with Gasteiger partial charge in [0.2, 0.25) is 0 Å². The largest absolute Gasteiger partial charge is 0.396 e. The molecular formula is C15H15NO. The molecule has 1 heterocycles. The third-order valence-electron chi connectivity index (χ3n) is 2.52. The van der Waals surface area contributed by atoms with Crippen molar-refractivity contribution in [2.75, 3.05) is 6.61 Å². The summed E-state index contributed by atoms with van der Waals surface area (Å²) in [6.07, 6.45) is 1.47. The molecule has 0 aliphatic rings. The highest BCUT2D eigenvalue weighted by molar-refractivity contribution is 5.80. The number of aliphatic hydroxyl groups excluding tert-OH is 1. The number of pyridine rings is 1. The van der Waals surface area contributed by atoms with Gasteiger partial charge in [-0.1, -0.05) is 17.9 Å². The topological polar surface area (TPSA) is 33.1 Å². The fourth-order valence-electron chi connectivity index (χ4n) is 1.64. The van der Waals surface area contributed by atoms with Gasteiger partial charge in [0, 0.05) is 29.7 Å². The molecule has 0 aliphatic heterocycles. The lowest BCUT2D eigenvalue weighted by Crippen LogP contribution is -1.84. The summed E-state index contributed by atoms with van der Waals surface area (Å²) in [5.41, 5.74) is 3.03. The van der Waals surface area contributed by atoms with Crippen molar-refractivity contribution in [1.29, 1.82) is 0 Å². The van der Waals surface area contributed by atoms with Crippen molar-refractivity contribution in [3.05, 3.63) is 41.6 Å². The van der Waals surface area contributed by atoms with Gasteiger partial charge in [0.25, 0.3) is 0 Å². The molecule has 1 aromatic carbocycles. The standard InChI is InChI=1S/C15H15NO/c1-12-6-8-14-11-13(5-3-2-4-10-17)7-9-15(14)16-12/h6-9,11,17H,2,4,10H2,1H3. The van der Waals surface area contributed by atoms with Crippen LogP contribution in [0, 0.1) is 18.8 Å². The van der Waals surface area contributed by atoms with Crippen LogP contribution in [0.15, 0.2) is 30.3 Å². The predicted octanol–water partition coefficient (Wildman–Crippen LogP) is 2.67. The molecule has 2 nitrogen and oxygen atoms in total. The fourth-order valence-corrected chi connectivity index (χ4v) is 1.64. The van der Waals surface area contributed by atoms with Crippen molar-refractivity contribution in [2.45, 2.75) is 19.8 Å². The Morgan fingerprint density at radius 2 is 2.12 bits per heavy atom. The summed E-state index contributed by atoms with van der Waals surface area (Å²) in [6, 6.07) is 10.1. The van der Waals surface area contributed by atoms with Gasteiger partial charge in [0.15, 0.2) is 0 Å². The second-order valence-corrected chi connectivity index (χ2v) is 3.99. The van der Waals surface area contributed by atoms with Gasteiger partial charge in [-0.3, -0.25) is 4.98 Å². The summed E-state index contributed by atoms with van der Waals surface area (Å²) < 4.78 is 0. The highest BCUT2D eigenvalue weighted by Crippen LogP contribution is 2.14. The van der Waals surface area contributed by atoms with Crippen LogP contribution < -0.4 is 0 Å². The predicted molar refractivity (Wildman–Crippen MR) is 69.7 cm³/mol. The zero-order chi connectivity index (χ0) is 12.1. The maximum atomic E-state index is 8.65. The van der Waals surface area contributed by atoms with Crippen LogP contribution in [-0.4, -0.2) is 16.7 Å². The average Bonchev–Trinajstić information content (AvgIpc) is 2.35. The number of hydrogen-bond acceptors (Lipinski definition) is 2. The first-order chi connectivity index (χ1) is 8.29. The molecule has 2 rings (SSSR count). The van der Waals surface area contributed by atoms with Crippen molar-refractivity contribution in [3.8, 4) is 11.8 Å². The minimum Gasteiger partial charge on any atom is -0.396 e. The van der Waals surface area contributed by atoms with E-state index in [9.17, 15) is 0 Å². The molecule has 0 fully saturated rings. The minimum absolute atomic E-state index is 0.204. The quantitative estimate of drug-likeness (QED) is 0.629. The second-order valence-electron chi connectivity index (χ2n) is 3.99. The van der Waals surface area contributed by atoms with Crippen LogP contribution in [0.2, 0.25) is 0 Å². The van der Waals surface area contributed by atoms with Crippen molar-refractivity contribution in [1.82, 2.24) is 4.98 Å². The van der Waals surface area contributed by atoms with E-state index in [1.54, 1.807) is 0 Å². The van der Waals surface area contributed by atoms with Gasteiger partial charge in [0.05, 0.1) is 5.52 Å². The van der Waals surface area contributed by atoms with Crippen molar-refractivity contribution >= 4 is 10.9 Å². The molecule has 0 atom stereocenters. The average molecular weight is 225 g/mol. The number of unbranched alkanes of at least 4 members (excludes halogenated alkanes) is 1. The monoisotopic (exact) mass is 225 g/mol. The Morgan fingerprint density at radius 1 is 1.24 bits per heavy atom. The van der Waals surface area contributed by atoms with Crippen LogP contribution in [0.5, 0.6) is 0 Å². The Kier molecular flexibility index (Phi) is 3.74. The van der Waals surface area contributed by atoms with Crippen LogP contribution in [0.3, 0.4) is 0 Å². The Hall–Kier alpha value is -1.85. The molecule has 0 radical (unpaired) electrons. The zero-order valence-electron chi connectivity index (χ0n) is 9.90. The Bertz CT molecular complexity index is 578. The molecule has 17 heavy (non-hydrogen) atoms. The molecule has 1 N–H and O–H groups in total. The lowest BCUT2D eigenvalue weighted by Gasteiger charge is -1.99. The number of aryl methyl sites for hydroxylation is 1. The van der Waals surface area contributed by atoms with E-state index in [0.717, 1.165) is 35.0 Å². The maximum absolute atomic E-state index is 8.65. The number of aliphatic hydroxyl groups is 1. The smallest absolute Gasteiger partial charge is 0.0706 e. The first-order valence-electron chi connectivity index (χ1n) is 5.77. The lowest BCUT2D eigenvalue weighted by molar-refractivity contribution is 0.290. The number of benzene rings is 1. The van der Waals surface area contributed by atoms with E-state index in [1.165, 1.54) is 0 Å². The number of hydrogen-bond donors (Lipinski definition) is 1. The molecule has 0 amide bonds. The van der Waals surface area contributed by atoms with Gasteiger partial charge in [-0.25, -0.2) is 0 Å². The Labute approximate surface area is 101 Å². The van der Waals surface area contributed by atoms with Gasteiger partial charge in [-0.2, -0.15) is 0 Å². The SMILES string of the molecule is Cc1ccc2cc(C#CCCCO)ccc2n1. The van der Waals surface area contributed by atoms with Crippen LogP contribution in [0.4, 0.5) is 0 Å². The summed E-state index contributed by atoms with van der Waals surface area (Å²) in [5.74, 6) is 6.15. The third kappa shape index (κ3) is 3.05. The van der Waals surface area contributed by atoms with E-state index in [0.29, 0.717) is 0 Å². The summed E-state index contributed by atoms with van der Waals surface area (Å²) >= 11 is 0. The number of rotatable bonds is 2. The first-order valence-corrected chi connectivity index (χ1v) is 5.77. The summed E-state index contributed by atoms with van der Waals surface area (Å²) in [5, 5.41) is 9.77. The van der Waals surface area contributed by atoms with Gasteiger partial charge in [-0.15, -0.1) is 0 Å². The van der Waals surface area contributed by atoms with Crippen LogP contribution >= 0.6 is 0 Å². The number of nitrogens with zero attached hydrogens (tertiary/aromatic N) is 1. The highest BCUT2D eigenvalue weighted by Gasteiger charge is 1.95. The van der Waals surface area contributed by atoms with Gasteiger partial charge >= 0.3 is 0 Å². The Balaban J connectivity index is 2.25. The highest BCUT2D eigenvalue weighted by atomic mass is 16.2. The zero-order valence-corrected chi connectivity index (χ0v) is 9.90. The van der Waals surface area contributed by atoms with Crippen molar-refractivity contribution in [3.63, 3.8) is 0 Å². The lowest BCUT2D eigenvalue weighted by atomic mass is 10.1. The molecule has 0 aliphatic carbocycles. The molecule has 0 bridgehead atoms. The summed E-state index contributed by atoms with van der Waals surface area (Å²) in [4.78, 5) is 4.45. The summed E-state index contributed by atoms with van der Waals surface area (Å²) in [6.45, 7) is 2.19. The molecule has 2 aromatic rings. The minimum atomic E-state index is 0.204. The van der Waals surface area contributed by atoms with E-state index >= 15 is 0 Å². The van der Waals surface area contributed by atoms with Crippen molar-refractivity contribution < 1.29 is 5.11 Å². The number of aromatic nitrogens is 1. The number of fused-ring (bicyclic) bond motifs is 1. The maximum Gasteiger partial charge on any atom is 0.0706 e. The molecule has 0 saturated carbocycles. The van der Waals surface area contributed by atoms with Gasteiger partial charge in [0.1, 0.15) is 0 Å². The second kappa shape index (κ2) is 5.47. The molecular weight excluding hydrogens is 210 g/mol. The molecule has 86 valence electrons. The first kappa shape index (κ1) is 11.6. The van der Waals surface area contributed by atoms with Gasteiger partial charge in [-0.05, 0) is 37.6 Å². The van der Waals surface area contributed by atoms with Gasteiger partial charge < -0.3 is 5.11 Å². The summed E-state index contributed by atoms with van der Waals surface area (Å²) in [7, 11) is 0. The van der Waals surface area contributed by atoms with Crippen LogP contribution in [-0.2, 0) is 0 Å². The Morgan fingerprint density at radius 3 is 2.94 bits per heavy atom. The van der Waals surface area contributed by atoms with E-state index in [2.05, 4.69) is 22.9 Å². The molecule has 0 saturated heterocycles. The van der Waals surface area contributed by atoms with Crippen LogP contribution in [0.1, 0.15) is 24.1 Å². The van der Waals surface area contributed by atoms with E-state index in [-0.39, 0.29) is 6.61 Å². The molecule has 2 heteroatoms. The molecule has 1 aromatic heterocycles. The molecule has 0 unspecified atom stereocenters. The molecule has 0 spiro atoms.